The van der Waals surface area contributed by atoms with E-state index in [4.69, 9.17) is 27.4 Å². The number of hydrogen-bond acceptors (Lipinski definition) is 6. The Balaban J connectivity index is 2.07. The van der Waals surface area contributed by atoms with Gasteiger partial charge in [0.2, 0.25) is 0 Å². The van der Waals surface area contributed by atoms with Crippen LogP contribution in [0.2, 0.25) is 10.0 Å². The van der Waals surface area contributed by atoms with Crippen molar-refractivity contribution in [2.75, 3.05) is 0 Å². The number of benzene rings is 2. The Hall–Kier alpha value is -2.88. The summed E-state index contributed by atoms with van der Waals surface area (Å²) in [5.74, 6) is -2.27. The molecule has 2 aromatic carbocycles. The zero-order chi connectivity index (χ0) is 21.3. The van der Waals surface area contributed by atoms with Gasteiger partial charge in [-0.3, -0.25) is 20.2 Å². The molecule has 0 saturated carbocycles. The molecule has 0 bridgehead atoms. The molecule has 0 aliphatic carbocycles. The first-order valence-electron chi connectivity index (χ1n) is 7.95. The first-order chi connectivity index (χ1) is 13.6. The highest BCUT2D eigenvalue weighted by molar-refractivity contribution is 7.87. The minimum atomic E-state index is -4.28. The van der Waals surface area contributed by atoms with Crippen LogP contribution in [-0.4, -0.2) is 26.3 Å². The van der Waals surface area contributed by atoms with Crippen LogP contribution in [0, 0.1) is 6.92 Å². The Morgan fingerprint density at radius 2 is 1.55 bits per heavy atom. The molecule has 1 aliphatic heterocycles. The summed E-state index contributed by atoms with van der Waals surface area (Å²) in [6, 6.07) is 7.44. The van der Waals surface area contributed by atoms with Gasteiger partial charge in [0.25, 0.3) is 11.8 Å². The van der Waals surface area contributed by atoms with Crippen LogP contribution in [0.4, 0.5) is 4.79 Å². The summed E-state index contributed by atoms with van der Waals surface area (Å²) in [7, 11) is -4.28. The number of hydrogen-bond donors (Lipinski definition) is 2. The number of urea groups is 1. The average Bonchev–Trinajstić information content (AvgIpc) is 2.61. The molecule has 1 saturated heterocycles. The van der Waals surface area contributed by atoms with Gasteiger partial charge in [0.05, 0.1) is 5.02 Å². The Kier molecular flexibility index (Phi) is 5.65. The van der Waals surface area contributed by atoms with Gasteiger partial charge in [-0.15, -0.1) is 0 Å². The van der Waals surface area contributed by atoms with Gasteiger partial charge >= 0.3 is 16.1 Å². The number of aryl methyl sites for hydroxylation is 1. The number of nitrogens with one attached hydrogen (secondary N) is 2. The molecule has 8 nitrogen and oxygen atoms in total. The molecular weight excluding hydrogens is 443 g/mol. The van der Waals surface area contributed by atoms with Crippen molar-refractivity contribution in [2.24, 2.45) is 0 Å². The summed E-state index contributed by atoms with van der Waals surface area (Å²) in [6.07, 6.45) is 1.02. The van der Waals surface area contributed by atoms with Crippen molar-refractivity contribution in [1.82, 2.24) is 10.6 Å². The molecule has 0 radical (unpaired) electrons. The van der Waals surface area contributed by atoms with Crippen LogP contribution in [0.3, 0.4) is 0 Å². The second kappa shape index (κ2) is 7.86. The van der Waals surface area contributed by atoms with Gasteiger partial charge in [-0.2, -0.15) is 8.42 Å². The fraction of sp³-hybridized carbons (Fsp3) is 0.0556. The maximum atomic E-state index is 12.6. The normalized spacial score (nSPS) is 14.3. The number of barbiturate groups is 1. The van der Waals surface area contributed by atoms with Crippen molar-refractivity contribution in [3.05, 3.63) is 63.1 Å². The number of imide groups is 2. The van der Waals surface area contributed by atoms with Gasteiger partial charge in [0.15, 0.2) is 5.75 Å². The fourth-order valence-electron chi connectivity index (χ4n) is 2.40. The Bertz CT molecular complexity index is 1150. The highest BCUT2D eigenvalue weighted by atomic mass is 35.5. The summed E-state index contributed by atoms with van der Waals surface area (Å²) < 4.78 is 30.4. The maximum absolute atomic E-state index is 12.6. The van der Waals surface area contributed by atoms with Crippen molar-refractivity contribution in [2.45, 2.75) is 11.8 Å². The highest BCUT2D eigenvalue weighted by Gasteiger charge is 2.29. The van der Waals surface area contributed by atoms with Crippen LogP contribution in [0.15, 0.2) is 46.9 Å². The molecule has 3 rings (SSSR count). The third kappa shape index (κ3) is 4.58. The van der Waals surface area contributed by atoms with Gasteiger partial charge in [-0.25, -0.2) is 4.79 Å². The lowest BCUT2D eigenvalue weighted by Gasteiger charge is -2.16. The van der Waals surface area contributed by atoms with Crippen LogP contribution in [-0.2, 0) is 19.7 Å². The van der Waals surface area contributed by atoms with Crippen LogP contribution < -0.4 is 14.8 Å². The SMILES string of the molecule is Cc1ccc(S(=O)(=O)Oc2c(Cl)cc(Cl)cc2C=C2C(=O)NC(=O)NC2=O)cc1. The molecule has 0 aromatic heterocycles. The van der Waals surface area contributed by atoms with E-state index in [0.717, 1.165) is 11.6 Å². The third-order valence-electron chi connectivity index (χ3n) is 3.78. The van der Waals surface area contributed by atoms with Gasteiger partial charge < -0.3 is 4.18 Å². The summed E-state index contributed by atoms with van der Waals surface area (Å²) in [4.78, 5) is 35.0. The summed E-state index contributed by atoms with van der Waals surface area (Å²) in [5.41, 5.74) is 0.344. The Labute approximate surface area is 175 Å². The molecule has 0 spiro atoms. The number of halogens is 2. The summed E-state index contributed by atoms with van der Waals surface area (Å²) in [5, 5.41) is 3.76. The van der Waals surface area contributed by atoms with E-state index in [1.54, 1.807) is 19.1 Å². The standard InChI is InChI=1S/C18H12Cl2N2O6S/c1-9-2-4-12(5-3-9)29(26,27)28-15-10(6-11(19)8-14(15)20)7-13-16(23)21-18(25)22-17(13)24/h2-8H,1H3,(H2,21,22,23,24,25). The van der Waals surface area contributed by atoms with Gasteiger partial charge in [-0.05, 0) is 37.3 Å². The molecule has 1 heterocycles. The number of carbonyl (C=O) groups is 3. The van der Waals surface area contributed by atoms with Gasteiger partial charge in [0, 0.05) is 10.6 Å². The minimum Gasteiger partial charge on any atom is -0.377 e. The average molecular weight is 455 g/mol. The lowest BCUT2D eigenvalue weighted by Crippen LogP contribution is -2.51. The maximum Gasteiger partial charge on any atom is 0.339 e. The quantitative estimate of drug-likeness (QED) is 0.416. The van der Waals surface area contributed by atoms with Gasteiger partial charge in [-0.1, -0.05) is 40.9 Å². The molecule has 1 aliphatic rings. The molecule has 29 heavy (non-hydrogen) atoms. The van der Waals surface area contributed by atoms with E-state index in [2.05, 4.69) is 0 Å². The second-order valence-electron chi connectivity index (χ2n) is 5.95. The first kappa shape index (κ1) is 20.8. The van der Waals surface area contributed by atoms with Crippen LogP contribution in [0.1, 0.15) is 11.1 Å². The van der Waals surface area contributed by atoms with E-state index in [-0.39, 0.29) is 26.3 Å². The molecule has 0 atom stereocenters. The van der Waals surface area contributed by atoms with Crippen molar-refractivity contribution >= 4 is 57.2 Å². The molecule has 0 unspecified atom stereocenters. The zero-order valence-corrected chi connectivity index (χ0v) is 17.0. The van der Waals surface area contributed by atoms with Crippen LogP contribution >= 0.6 is 23.2 Å². The number of carbonyl (C=O) groups excluding carboxylic acids is 3. The molecule has 150 valence electrons. The van der Waals surface area contributed by atoms with Crippen molar-refractivity contribution in [3.8, 4) is 5.75 Å². The minimum absolute atomic E-state index is 0.0483. The topological polar surface area (TPSA) is 119 Å². The van der Waals surface area contributed by atoms with E-state index in [0.29, 0.717) is 0 Å². The Morgan fingerprint density at radius 1 is 0.966 bits per heavy atom. The highest BCUT2D eigenvalue weighted by Crippen LogP contribution is 2.36. The molecule has 1 fully saturated rings. The van der Waals surface area contributed by atoms with E-state index in [1.807, 2.05) is 10.6 Å². The molecule has 4 amide bonds. The van der Waals surface area contributed by atoms with E-state index in [9.17, 15) is 22.8 Å². The number of amides is 4. The fourth-order valence-corrected chi connectivity index (χ4v) is 3.96. The predicted molar refractivity (Wildman–Crippen MR) is 105 cm³/mol. The zero-order valence-electron chi connectivity index (χ0n) is 14.7. The summed E-state index contributed by atoms with van der Waals surface area (Å²) in [6.45, 7) is 1.79. The van der Waals surface area contributed by atoms with Crippen LogP contribution in [0.5, 0.6) is 5.75 Å². The largest absolute Gasteiger partial charge is 0.377 e. The third-order valence-corrected chi connectivity index (χ3v) is 5.52. The smallest absolute Gasteiger partial charge is 0.339 e. The van der Waals surface area contributed by atoms with Crippen LogP contribution in [0.25, 0.3) is 6.08 Å². The molecule has 2 N–H and O–H groups in total. The van der Waals surface area contributed by atoms with Crippen molar-refractivity contribution in [1.29, 1.82) is 0 Å². The first-order valence-corrected chi connectivity index (χ1v) is 10.1. The van der Waals surface area contributed by atoms with Crippen molar-refractivity contribution < 1.29 is 27.0 Å². The molecule has 11 heteroatoms. The van der Waals surface area contributed by atoms with E-state index in [1.165, 1.54) is 24.3 Å². The second-order valence-corrected chi connectivity index (χ2v) is 8.34. The lowest BCUT2D eigenvalue weighted by atomic mass is 10.1. The lowest BCUT2D eigenvalue weighted by molar-refractivity contribution is -0.123. The van der Waals surface area contributed by atoms with Gasteiger partial charge in [0.1, 0.15) is 10.5 Å². The summed E-state index contributed by atoms with van der Waals surface area (Å²) >= 11 is 12.1. The molecular formula is C18H12Cl2N2O6S. The molecule has 2 aromatic rings. The Morgan fingerprint density at radius 3 is 2.14 bits per heavy atom. The van der Waals surface area contributed by atoms with E-state index < -0.39 is 33.5 Å². The number of rotatable bonds is 4. The predicted octanol–water partition coefficient (Wildman–Crippen LogP) is 2.82. The van der Waals surface area contributed by atoms with E-state index >= 15 is 0 Å². The monoisotopic (exact) mass is 454 g/mol. The van der Waals surface area contributed by atoms with Crippen molar-refractivity contribution in [3.63, 3.8) is 0 Å².